The van der Waals surface area contributed by atoms with Crippen molar-refractivity contribution >= 4 is 23.1 Å². The van der Waals surface area contributed by atoms with Crippen LogP contribution in [0.1, 0.15) is 5.56 Å². The number of aryl methyl sites for hydroxylation is 1. The molecule has 2 rings (SSSR count). The van der Waals surface area contributed by atoms with Gasteiger partial charge in [0.25, 0.3) is 0 Å². The molecule has 0 heterocycles. The van der Waals surface area contributed by atoms with E-state index in [1.807, 2.05) is 31.2 Å². The van der Waals surface area contributed by atoms with Crippen molar-refractivity contribution in [3.8, 4) is 0 Å². The molecule has 3 N–H and O–H groups in total. The molecule has 0 aliphatic heterocycles. The highest BCUT2D eigenvalue weighted by Gasteiger charge is 2.20. The van der Waals surface area contributed by atoms with E-state index >= 15 is 0 Å². The molecule has 0 bridgehead atoms. The van der Waals surface area contributed by atoms with Crippen molar-refractivity contribution in [3.05, 3.63) is 58.1 Å². The number of nitrogens with two attached hydrogens (primary N) is 1. The normalized spacial score (nSPS) is 10.2. The average Bonchev–Trinajstić information content (AvgIpc) is 2.40. The van der Waals surface area contributed by atoms with Gasteiger partial charge in [0.15, 0.2) is 0 Å². The van der Waals surface area contributed by atoms with Crippen molar-refractivity contribution in [2.24, 2.45) is 5.84 Å². The summed E-state index contributed by atoms with van der Waals surface area (Å²) < 4.78 is 0. The van der Waals surface area contributed by atoms with Gasteiger partial charge in [0.05, 0.1) is 9.82 Å². The standard InChI is InChI=1S/C13H13N3O2S/c1-9-5-2-3-7-11(9)19-12-8-4-6-10(15-14)13(12)16(17)18/h2-8,15H,14H2,1H3. The van der Waals surface area contributed by atoms with Gasteiger partial charge in [0, 0.05) is 4.90 Å². The fourth-order valence-electron chi connectivity index (χ4n) is 1.70. The summed E-state index contributed by atoms with van der Waals surface area (Å²) in [6, 6.07) is 12.8. The van der Waals surface area contributed by atoms with Crippen LogP contribution in [0.2, 0.25) is 0 Å². The fourth-order valence-corrected chi connectivity index (χ4v) is 2.74. The molecule has 2 aromatic carbocycles. The molecule has 0 radical (unpaired) electrons. The topological polar surface area (TPSA) is 81.2 Å². The lowest BCUT2D eigenvalue weighted by atomic mass is 10.2. The number of nitro groups is 1. The van der Waals surface area contributed by atoms with E-state index in [4.69, 9.17) is 5.84 Å². The molecule has 0 unspecified atom stereocenters. The Hall–Kier alpha value is -2.05. The highest BCUT2D eigenvalue weighted by atomic mass is 32.2. The predicted molar refractivity (Wildman–Crippen MR) is 76.2 cm³/mol. The quantitative estimate of drug-likeness (QED) is 0.508. The van der Waals surface area contributed by atoms with Gasteiger partial charge in [-0.25, -0.2) is 0 Å². The maximum absolute atomic E-state index is 11.2. The molecule has 19 heavy (non-hydrogen) atoms. The monoisotopic (exact) mass is 275 g/mol. The third-order valence-corrected chi connectivity index (χ3v) is 3.88. The molecule has 0 aliphatic carbocycles. The van der Waals surface area contributed by atoms with Gasteiger partial charge in [0.1, 0.15) is 5.69 Å². The number of para-hydroxylation sites is 1. The lowest BCUT2D eigenvalue weighted by Crippen LogP contribution is -2.09. The van der Waals surface area contributed by atoms with Gasteiger partial charge in [0.2, 0.25) is 0 Å². The second-order valence-electron chi connectivity index (χ2n) is 3.92. The van der Waals surface area contributed by atoms with Gasteiger partial charge in [-0.05, 0) is 30.7 Å². The first-order valence-electron chi connectivity index (χ1n) is 5.61. The van der Waals surface area contributed by atoms with E-state index in [2.05, 4.69) is 5.43 Å². The minimum atomic E-state index is -0.421. The average molecular weight is 275 g/mol. The Morgan fingerprint density at radius 3 is 2.47 bits per heavy atom. The molecule has 2 aromatic rings. The van der Waals surface area contributed by atoms with Crippen LogP contribution in [0.3, 0.4) is 0 Å². The fraction of sp³-hybridized carbons (Fsp3) is 0.0769. The SMILES string of the molecule is Cc1ccccc1Sc1cccc(NN)c1[N+](=O)[O-]. The molecule has 0 spiro atoms. The van der Waals surface area contributed by atoms with Crippen LogP contribution in [-0.2, 0) is 0 Å². The second kappa shape index (κ2) is 5.73. The van der Waals surface area contributed by atoms with E-state index in [1.165, 1.54) is 11.8 Å². The maximum Gasteiger partial charge on any atom is 0.307 e. The lowest BCUT2D eigenvalue weighted by Gasteiger charge is -2.08. The van der Waals surface area contributed by atoms with E-state index in [-0.39, 0.29) is 5.69 Å². The summed E-state index contributed by atoms with van der Waals surface area (Å²) in [5.74, 6) is 5.32. The van der Waals surface area contributed by atoms with E-state index in [9.17, 15) is 10.1 Å². The van der Waals surface area contributed by atoms with Gasteiger partial charge >= 0.3 is 5.69 Å². The number of rotatable bonds is 4. The van der Waals surface area contributed by atoms with Crippen LogP contribution >= 0.6 is 11.8 Å². The molecule has 98 valence electrons. The Balaban J connectivity index is 2.46. The summed E-state index contributed by atoms with van der Waals surface area (Å²) in [7, 11) is 0. The van der Waals surface area contributed by atoms with Crippen LogP contribution in [0.25, 0.3) is 0 Å². The summed E-state index contributed by atoms with van der Waals surface area (Å²) in [5.41, 5.74) is 3.75. The van der Waals surface area contributed by atoms with Crippen LogP contribution in [-0.4, -0.2) is 4.92 Å². The number of nitrogens with one attached hydrogen (secondary N) is 1. The molecular weight excluding hydrogens is 262 g/mol. The van der Waals surface area contributed by atoms with Gasteiger partial charge < -0.3 is 5.43 Å². The Morgan fingerprint density at radius 1 is 1.16 bits per heavy atom. The smallest absolute Gasteiger partial charge is 0.307 e. The van der Waals surface area contributed by atoms with Crippen LogP contribution in [0.15, 0.2) is 52.3 Å². The Kier molecular flexibility index (Phi) is 4.03. The molecule has 0 atom stereocenters. The molecule has 0 saturated carbocycles. The summed E-state index contributed by atoms with van der Waals surface area (Å²) in [6.07, 6.45) is 0. The van der Waals surface area contributed by atoms with Crippen molar-refractivity contribution in [1.29, 1.82) is 0 Å². The van der Waals surface area contributed by atoms with Crippen molar-refractivity contribution in [1.82, 2.24) is 0 Å². The number of hydrogen-bond donors (Lipinski definition) is 2. The zero-order chi connectivity index (χ0) is 13.8. The van der Waals surface area contributed by atoms with E-state index in [0.717, 1.165) is 10.5 Å². The summed E-state index contributed by atoms with van der Waals surface area (Å²) in [6.45, 7) is 1.97. The van der Waals surface area contributed by atoms with E-state index in [0.29, 0.717) is 10.6 Å². The molecule has 0 fully saturated rings. The van der Waals surface area contributed by atoms with Gasteiger partial charge in [-0.2, -0.15) is 0 Å². The van der Waals surface area contributed by atoms with Crippen LogP contribution in [0, 0.1) is 17.0 Å². The molecule has 0 saturated heterocycles. The third-order valence-electron chi connectivity index (χ3n) is 2.65. The minimum absolute atomic E-state index is 0.00162. The minimum Gasteiger partial charge on any atom is -0.318 e. The van der Waals surface area contributed by atoms with Crippen molar-refractivity contribution in [2.45, 2.75) is 16.7 Å². The maximum atomic E-state index is 11.2. The van der Waals surface area contributed by atoms with Crippen LogP contribution in [0.5, 0.6) is 0 Å². The van der Waals surface area contributed by atoms with Gasteiger partial charge in [-0.15, -0.1) is 0 Å². The van der Waals surface area contributed by atoms with Crippen LogP contribution < -0.4 is 11.3 Å². The van der Waals surface area contributed by atoms with Crippen molar-refractivity contribution < 1.29 is 4.92 Å². The Labute approximate surface area is 114 Å². The number of anilines is 1. The highest BCUT2D eigenvalue weighted by molar-refractivity contribution is 7.99. The first-order chi connectivity index (χ1) is 9.13. The summed E-state index contributed by atoms with van der Waals surface area (Å²) >= 11 is 1.36. The van der Waals surface area contributed by atoms with Gasteiger partial charge in [-0.1, -0.05) is 36.0 Å². The number of nitrogens with zero attached hydrogens (tertiary/aromatic N) is 1. The van der Waals surface area contributed by atoms with Crippen LogP contribution in [0.4, 0.5) is 11.4 Å². The third kappa shape index (κ3) is 2.86. The molecule has 0 aromatic heterocycles. The molecule has 6 heteroatoms. The number of hydrazine groups is 1. The lowest BCUT2D eigenvalue weighted by molar-refractivity contribution is -0.386. The molecule has 5 nitrogen and oxygen atoms in total. The van der Waals surface area contributed by atoms with Gasteiger partial charge in [-0.3, -0.25) is 16.0 Å². The number of nitro benzene ring substituents is 1. The Bertz CT molecular complexity index is 617. The number of nitrogen functional groups attached to an aromatic ring is 1. The number of hydrogen-bond acceptors (Lipinski definition) is 5. The van der Waals surface area contributed by atoms with E-state index < -0.39 is 4.92 Å². The first-order valence-corrected chi connectivity index (χ1v) is 6.42. The number of benzene rings is 2. The molecule has 0 aliphatic rings. The Morgan fingerprint density at radius 2 is 1.84 bits per heavy atom. The van der Waals surface area contributed by atoms with E-state index in [1.54, 1.807) is 18.2 Å². The van der Waals surface area contributed by atoms with Crippen molar-refractivity contribution in [3.63, 3.8) is 0 Å². The molecule has 0 amide bonds. The largest absolute Gasteiger partial charge is 0.318 e. The highest BCUT2D eigenvalue weighted by Crippen LogP contribution is 2.39. The van der Waals surface area contributed by atoms with Crippen molar-refractivity contribution in [2.75, 3.05) is 5.43 Å². The first kappa shape index (κ1) is 13.4. The molecular formula is C13H13N3O2S. The zero-order valence-electron chi connectivity index (χ0n) is 10.3. The zero-order valence-corrected chi connectivity index (χ0v) is 11.1. The predicted octanol–water partition coefficient (Wildman–Crippen LogP) is 3.34. The summed E-state index contributed by atoms with van der Waals surface area (Å²) in [4.78, 5) is 12.3. The summed E-state index contributed by atoms with van der Waals surface area (Å²) in [5, 5.41) is 11.2. The second-order valence-corrected chi connectivity index (χ2v) is 5.01.